The average Bonchev–Trinajstić information content (AvgIpc) is 2.84. The lowest BCUT2D eigenvalue weighted by Crippen LogP contribution is -2.12. The minimum Gasteiger partial charge on any atom is -0.467 e. The van der Waals surface area contributed by atoms with E-state index in [1.54, 1.807) is 6.20 Å². The monoisotopic (exact) mass is 253 g/mol. The quantitative estimate of drug-likeness (QED) is 0.874. The molecule has 2 aromatic heterocycles. The molecule has 0 aliphatic carbocycles. The number of ether oxygens (including phenoxy) is 1. The fraction of sp³-hybridized carbons (Fsp3) is 0.300. The van der Waals surface area contributed by atoms with Gasteiger partial charge in [-0.3, -0.25) is 4.68 Å². The molecule has 90 valence electrons. The number of anilines is 1. The molecule has 7 heteroatoms. The molecule has 0 aliphatic heterocycles. The van der Waals surface area contributed by atoms with E-state index in [9.17, 15) is 0 Å². The number of hydrogen-bond acceptors (Lipinski definition) is 5. The molecule has 1 N–H and O–H groups in total. The lowest BCUT2D eigenvalue weighted by molar-refractivity contribution is 0.380. The highest BCUT2D eigenvalue weighted by atomic mass is 35.5. The van der Waals surface area contributed by atoms with Crippen molar-refractivity contribution in [2.45, 2.75) is 6.54 Å². The number of halogens is 1. The molecule has 0 spiro atoms. The maximum atomic E-state index is 5.95. The van der Waals surface area contributed by atoms with Crippen LogP contribution in [0.2, 0.25) is 5.02 Å². The summed E-state index contributed by atoms with van der Waals surface area (Å²) in [4.78, 5) is 8.00. The Morgan fingerprint density at radius 1 is 1.53 bits per heavy atom. The van der Waals surface area contributed by atoms with Gasteiger partial charge < -0.3 is 10.1 Å². The smallest absolute Gasteiger partial charge is 0.318 e. The SMILES string of the molecule is COc1ncc(Cl)c(NCCn2cccn2)n1. The summed E-state index contributed by atoms with van der Waals surface area (Å²) in [7, 11) is 1.51. The Morgan fingerprint density at radius 2 is 2.41 bits per heavy atom. The molecule has 0 radical (unpaired) electrons. The third-order valence-corrected chi connectivity index (χ3v) is 2.37. The van der Waals surface area contributed by atoms with Gasteiger partial charge in [0.05, 0.1) is 19.9 Å². The molecule has 2 aromatic rings. The Balaban J connectivity index is 1.94. The third kappa shape index (κ3) is 3.07. The molecule has 0 amide bonds. The van der Waals surface area contributed by atoms with Gasteiger partial charge in [0.2, 0.25) is 0 Å². The number of methoxy groups -OCH3 is 1. The first kappa shape index (κ1) is 11.7. The zero-order valence-corrected chi connectivity index (χ0v) is 10.1. The lowest BCUT2D eigenvalue weighted by Gasteiger charge is -2.08. The van der Waals surface area contributed by atoms with Crippen molar-refractivity contribution < 1.29 is 4.74 Å². The maximum absolute atomic E-state index is 5.95. The fourth-order valence-corrected chi connectivity index (χ4v) is 1.45. The number of hydrogen-bond donors (Lipinski definition) is 1. The highest BCUT2D eigenvalue weighted by molar-refractivity contribution is 6.32. The maximum Gasteiger partial charge on any atom is 0.318 e. The summed E-state index contributed by atoms with van der Waals surface area (Å²) in [6.07, 6.45) is 5.13. The van der Waals surface area contributed by atoms with Gasteiger partial charge in [0.15, 0.2) is 5.82 Å². The average molecular weight is 254 g/mol. The Labute approximate surface area is 104 Å². The molecule has 0 aliphatic rings. The second kappa shape index (κ2) is 5.49. The zero-order valence-electron chi connectivity index (χ0n) is 9.30. The lowest BCUT2D eigenvalue weighted by atomic mass is 10.5. The summed E-state index contributed by atoms with van der Waals surface area (Å²) in [6.45, 7) is 1.40. The van der Waals surface area contributed by atoms with E-state index < -0.39 is 0 Å². The van der Waals surface area contributed by atoms with Crippen LogP contribution in [0.5, 0.6) is 6.01 Å². The molecule has 17 heavy (non-hydrogen) atoms. The normalized spacial score (nSPS) is 10.2. The summed E-state index contributed by atoms with van der Waals surface area (Å²) in [5.41, 5.74) is 0. The zero-order chi connectivity index (χ0) is 12.1. The minimum atomic E-state index is 0.288. The number of nitrogens with one attached hydrogen (secondary N) is 1. The van der Waals surface area contributed by atoms with Crippen molar-refractivity contribution in [2.75, 3.05) is 19.0 Å². The Kier molecular flexibility index (Phi) is 3.77. The van der Waals surface area contributed by atoms with Gasteiger partial charge >= 0.3 is 6.01 Å². The van der Waals surface area contributed by atoms with Gasteiger partial charge in [-0.1, -0.05) is 11.6 Å². The minimum absolute atomic E-state index is 0.288. The van der Waals surface area contributed by atoms with E-state index >= 15 is 0 Å². The summed E-state index contributed by atoms with van der Waals surface area (Å²) in [5, 5.41) is 7.66. The van der Waals surface area contributed by atoms with E-state index in [0.29, 0.717) is 17.4 Å². The summed E-state index contributed by atoms with van der Waals surface area (Å²) in [6, 6.07) is 2.16. The van der Waals surface area contributed by atoms with Crippen molar-refractivity contribution in [3.05, 3.63) is 29.7 Å². The summed E-state index contributed by atoms with van der Waals surface area (Å²) in [5.74, 6) is 0.561. The van der Waals surface area contributed by atoms with E-state index in [1.807, 2.05) is 16.9 Å². The van der Waals surface area contributed by atoms with Crippen molar-refractivity contribution >= 4 is 17.4 Å². The van der Waals surface area contributed by atoms with Crippen LogP contribution in [0.4, 0.5) is 5.82 Å². The van der Waals surface area contributed by atoms with Crippen molar-refractivity contribution in [3.8, 4) is 6.01 Å². The standard InChI is InChI=1S/C10H12ClN5O/c1-17-10-13-7-8(11)9(15-10)12-4-6-16-5-2-3-14-16/h2-3,5,7H,4,6H2,1H3,(H,12,13,15). The van der Waals surface area contributed by atoms with Crippen LogP contribution >= 0.6 is 11.6 Å². The number of nitrogens with zero attached hydrogens (tertiary/aromatic N) is 4. The molecule has 2 rings (SSSR count). The predicted octanol–water partition coefficient (Wildman–Crippen LogP) is 1.45. The van der Waals surface area contributed by atoms with Gasteiger partial charge in [-0.2, -0.15) is 10.1 Å². The van der Waals surface area contributed by atoms with Gasteiger partial charge in [-0.05, 0) is 6.07 Å². The first-order valence-corrected chi connectivity index (χ1v) is 5.45. The molecule has 0 unspecified atom stereocenters. The Hall–Kier alpha value is -1.82. The number of aromatic nitrogens is 4. The highest BCUT2D eigenvalue weighted by Crippen LogP contribution is 2.19. The molecule has 0 fully saturated rings. The van der Waals surface area contributed by atoms with Crippen LogP contribution in [-0.2, 0) is 6.54 Å². The van der Waals surface area contributed by atoms with Gasteiger partial charge in [-0.25, -0.2) is 4.98 Å². The van der Waals surface area contributed by atoms with Crippen molar-refractivity contribution in [3.63, 3.8) is 0 Å². The summed E-state index contributed by atoms with van der Waals surface area (Å²) < 4.78 is 6.74. The Morgan fingerprint density at radius 3 is 3.12 bits per heavy atom. The first-order chi connectivity index (χ1) is 8.29. The van der Waals surface area contributed by atoms with E-state index in [0.717, 1.165) is 6.54 Å². The van der Waals surface area contributed by atoms with E-state index in [-0.39, 0.29) is 6.01 Å². The van der Waals surface area contributed by atoms with Crippen LogP contribution in [0.1, 0.15) is 0 Å². The third-order valence-electron chi connectivity index (χ3n) is 2.10. The topological polar surface area (TPSA) is 64.9 Å². The van der Waals surface area contributed by atoms with Crippen LogP contribution in [-0.4, -0.2) is 33.4 Å². The van der Waals surface area contributed by atoms with Gasteiger partial charge in [0.25, 0.3) is 0 Å². The van der Waals surface area contributed by atoms with Gasteiger partial charge in [0.1, 0.15) is 5.02 Å². The molecule has 6 nitrogen and oxygen atoms in total. The van der Waals surface area contributed by atoms with E-state index in [1.165, 1.54) is 13.3 Å². The van der Waals surface area contributed by atoms with Crippen molar-refractivity contribution in [1.29, 1.82) is 0 Å². The second-order valence-electron chi connectivity index (χ2n) is 3.25. The molecule has 2 heterocycles. The van der Waals surface area contributed by atoms with Gasteiger partial charge in [-0.15, -0.1) is 0 Å². The van der Waals surface area contributed by atoms with Crippen LogP contribution < -0.4 is 10.1 Å². The summed E-state index contributed by atoms with van der Waals surface area (Å²) >= 11 is 5.95. The van der Waals surface area contributed by atoms with E-state index in [4.69, 9.17) is 16.3 Å². The second-order valence-corrected chi connectivity index (χ2v) is 3.66. The van der Waals surface area contributed by atoms with Gasteiger partial charge in [0, 0.05) is 18.9 Å². The predicted molar refractivity (Wildman–Crippen MR) is 64.3 cm³/mol. The van der Waals surface area contributed by atoms with Crippen molar-refractivity contribution in [1.82, 2.24) is 19.7 Å². The molecule has 0 bridgehead atoms. The molecular weight excluding hydrogens is 242 g/mol. The molecule has 0 saturated carbocycles. The number of rotatable bonds is 5. The Bertz CT molecular complexity index is 474. The largest absolute Gasteiger partial charge is 0.467 e. The fourth-order valence-electron chi connectivity index (χ4n) is 1.29. The molecule has 0 atom stereocenters. The van der Waals surface area contributed by atoms with Crippen molar-refractivity contribution in [2.24, 2.45) is 0 Å². The molecule has 0 aromatic carbocycles. The highest BCUT2D eigenvalue weighted by Gasteiger charge is 2.04. The molecule has 0 saturated heterocycles. The first-order valence-electron chi connectivity index (χ1n) is 5.07. The van der Waals surface area contributed by atoms with Crippen LogP contribution in [0, 0.1) is 0 Å². The van der Waals surface area contributed by atoms with Crippen LogP contribution in [0.25, 0.3) is 0 Å². The van der Waals surface area contributed by atoms with E-state index in [2.05, 4.69) is 20.4 Å². The molecular formula is C10H12ClN5O. The van der Waals surface area contributed by atoms with Crippen LogP contribution in [0.3, 0.4) is 0 Å². The van der Waals surface area contributed by atoms with Crippen LogP contribution in [0.15, 0.2) is 24.7 Å².